The third kappa shape index (κ3) is 5.85. The topological polar surface area (TPSA) is 70.2 Å². The third-order valence-electron chi connectivity index (χ3n) is 3.12. The predicted octanol–water partition coefficient (Wildman–Crippen LogP) is 2.73. The highest BCUT2D eigenvalue weighted by Crippen LogP contribution is 2.22. The van der Waals surface area contributed by atoms with Gasteiger partial charge in [-0.05, 0) is 29.5 Å². The van der Waals surface area contributed by atoms with Gasteiger partial charge in [-0.1, -0.05) is 46.2 Å². The van der Waals surface area contributed by atoms with Gasteiger partial charge in [-0.3, -0.25) is 10.2 Å². The molecule has 116 valence electrons. The predicted molar refractivity (Wildman–Crippen MR) is 84.1 cm³/mol. The molecule has 0 heterocycles. The maximum atomic E-state index is 11.9. The van der Waals surface area contributed by atoms with E-state index in [1.807, 2.05) is 19.1 Å². The Balaban J connectivity index is 2.47. The molecule has 3 amide bonds. The molecule has 3 N–H and O–H groups in total. The molecule has 0 aliphatic heterocycles. The fraction of sp³-hybridized carbons (Fsp3) is 0.500. The van der Waals surface area contributed by atoms with Gasteiger partial charge in [0.25, 0.3) is 5.91 Å². The number of carbonyl (C=O) groups excluding carboxylic acids is 2. The molecular weight excluding hydrogens is 266 g/mol. The number of unbranched alkanes of at least 4 members (excludes halogenated alkanes) is 1. The number of hydrogen-bond donors (Lipinski definition) is 3. The number of hydrogen-bond acceptors (Lipinski definition) is 2. The van der Waals surface area contributed by atoms with Gasteiger partial charge in [-0.2, -0.15) is 0 Å². The van der Waals surface area contributed by atoms with Crippen LogP contribution in [-0.2, 0) is 5.41 Å². The van der Waals surface area contributed by atoms with Crippen molar-refractivity contribution in [2.75, 3.05) is 6.54 Å². The van der Waals surface area contributed by atoms with Crippen LogP contribution in [-0.4, -0.2) is 18.5 Å². The minimum atomic E-state index is -0.400. The van der Waals surface area contributed by atoms with Crippen LogP contribution in [0.15, 0.2) is 24.3 Å². The second-order valence-electron chi connectivity index (χ2n) is 6.02. The van der Waals surface area contributed by atoms with Gasteiger partial charge in [0.2, 0.25) is 0 Å². The molecule has 0 aromatic heterocycles. The summed E-state index contributed by atoms with van der Waals surface area (Å²) in [5.74, 6) is -0.332. The van der Waals surface area contributed by atoms with Crippen molar-refractivity contribution in [3.05, 3.63) is 35.4 Å². The van der Waals surface area contributed by atoms with Crippen LogP contribution in [0, 0.1) is 0 Å². The first kappa shape index (κ1) is 17.0. The SMILES string of the molecule is CCCCNC(=O)NNC(=O)c1ccc(C(C)(C)C)cc1. The molecular formula is C16H25N3O2. The van der Waals surface area contributed by atoms with E-state index < -0.39 is 6.03 Å². The lowest BCUT2D eigenvalue weighted by Crippen LogP contribution is -2.47. The van der Waals surface area contributed by atoms with E-state index in [1.165, 1.54) is 0 Å². The lowest BCUT2D eigenvalue weighted by molar-refractivity contribution is 0.0936. The Bertz CT molecular complexity index is 475. The molecule has 0 fully saturated rings. The summed E-state index contributed by atoms with van der Waals surface area (Å²) in [5, 5.41) is 2.65. The molecule has 0 bridgehead atoms. The number of rotatable bonds is 4. The molecule has 0 aliphatic carbocycles. The Kier molecular flexibility index (Phi) is 6.21. The van der Waals surface area contributed by atoms with Gasteiger partial charge in [0, 0.05) is 12.1 Å². The molecule has 0 saturated heterocycles. The van der Waals surface area contributed by atoms with Crippen molar-refractivity contribution >= 4 is 11.9 Å². The minimum Gasteiger partial charge on any atom is -0.337 e. The van der Waals surface area contributed by atoms with Crippen LogP contribution in [0.5, 0.6) is 0 Å². The molecule has 0 saturated carbocycles. The van der Waals surface area contributed by atoms with Crippen LogP contribution in [0.3, 0.4) is 0 Å². The Morgan fingerprint density at radius 3 is 2.19 bits per heavy atom. The largest absolute Gasteiger partial charge is 0.337 e. The van der Waals surface area contributed by atoms with Crippen molar-refractivity contribution in [3.8, 4) is 0 Å². The molecule has 0 unspecified atom stereocenters. The molecule has 5 nitrogen and oxygen atoms in total. The summed E-state index contributed by atoms with van der Waals surface area (Å²) in [6.45, 7) is 8.99. The van der Waals surface area contributed by atoms with Gasteiger partial charge in [0.05, 0.1) is 0 Å². The minimum absolute atomic E-state index is 0.0480. The van der Waals surface area contributed by atoms with E-state index in [0.717, 1.165) is 18.4 Å². The third-order valence-corrected chi connectivity index (χ3v) is 3.12. The maximum Gasteiger partial charge on any atom is 0.333 e. The van der Waals surface area contributed by atoms with E-state index in [2.05, 4.69) is 36.9 Å². The summed E-state index contributed by atoms with van der Waals surface area (Å²) >= 11 is 0. The summed E-state index contributed by atoms with van der Waals surface area (Å²) in [4.78, 5) is 23.3. The second kappa shape index (κ2) is 7.67. The first-order valence-electron chi connectivity index (χ1n) is 7.29. The van der Waals surface area contributed by atoms with Crippen molar-refractivity contribution in [2.24, 2.45) is 0 Å². The fourth-order valence-corrected chi connectivity index (χ4v) is 1.73. The Morgan fingerprint density at radius 2 is 1.67 bits per heavy atom. The number of benzene rings is 1. The van der Waals surface area contributed by atoms with E-state index in [-0.39, 0.29) is 11.3 Å². The molecule has 1 aromatic carbocycles. The molecule has 0 spiro atoms. The van der Waals surface area contributed by atoms with E-state index >= 15 is 0 Å². The van der Waals surface area contributed by atoms with Crippen LogP contribution >= 0.6 is 0 Å². The molecule has 5 heteroatoms. The van der Waals surface area contributed by atoms with E-state index in [9.17, 15) is 9.59 Å². The van der Waals surface area contributed by atoms with Gasteiger partial charge in [0.1, 0.15) is 0 Å². The number of amides is 3. The summed E-state index contributed by atoms with van der Waals surface area (Å²) in [7, 11) is 0. The van der Waals surface area contributed by atoms with Crippen LogP contribution < -0.4 is 16.2 Å². The van der Waals surface area contributed by atoms with Gasteiger partial charge in [0.15, 0.2) is 0 Å². The number of hydrazine groups is 1. The lowest BCUT2D eigenvalue weighted by Gasteiger charge is -2.19. The van der Waals surface area contributed by atoms with Crippen molar-refractivity contribution in [3.63, 3.8) is 0 Å². The van der Waals surface area contributed by atoms with Crippen molar-refractivity contribution in [1.29, 1.82) is 0 Å². The summed E-state index contributed by atoms with van der Waals surface area (Å²) in [6, 6.07) is 6.97. The van der Waals surface area contributed by atoms with Crippen LogP contribution in [0.25, 0.3) is 0 Å². The molecule has 0 radical (unpaired) electrons. The molecule has 0 aliphatic rings. The highest BCUT2D eigenvalue weighted by Gasteiger charge is 2.14. The highest BCUT2D eigenvalue weighted by molar-refractivity contribution is 5.95. The average molecular weight is 291 g/mol. The zero-order valence-electron chi connectivity index (χ0n) is 13.2. The average Bonchev–Trinajstić information content (AvgIpc) is 2.44. The Hall–Kier alpha value is -2.04. The van der Waals surface area contributed by atoms with Gasteiger partial charge in [-0.15, -0.1) is 0 Å². The standard InChI is InChI=1S/C16H25N3O2/c1-5-6-11-17-15(21)19-18-14(20)12-7-9-13(10-8-12)16(2,3)4/h7-10H,5-6,11H2,1-4H3,(H,18,20)(H2,17,19,21). The first-order valence-corrected chi connectivity index (χ1v) is 7.29. The van der Waals surface area contributed by atoms with Gasteiger partial charge < -0.3 is 5.32 Å². The normalized spacial score (nSPS) is 10.9. The fourth-order valence-electron chi connectivity index (χ4n) is 1.73. The summed E-state index contributed by atoms with van der Waals surface area (Å²) in [5.41, 5.74) is 6.43. The zero-order valence-corrected chi connectivity index (χ0v) is 13.2. The second-order valence-corrected chi connectivity index (χ2v) is 6.02. The quantitative estimate of drug-likeness (QED) is 0.589. The molecule has 1 rings (SSSR count). The van der Waals surface area contributed by atoms with Gasteiger partial charge >= 0.3 is 6.03 Å². The van der Waals surface area contributed by atoms with Crippen molar-refractivity contribution < 1.29 is 9.59 Å². The smallest absolute Gasteiger partial charge is 0.333 e. The van der Waals surface area contributed by atoms with Crippen LogP contribution in [0.2, 0.25) is 0 Å². The van der Waals surface area contributed by atoms with E-state index in [0.29, 0.717) is 12.1 Å². The van der Waals surface area contributed by atoms with E-state index in [4.69, 9.17) is 0 Å². The Morgan fingerprint density at radius 1 is 1.05 bits per heavy atom. The number of carbonyl (C=O) groups is 2. The summed E-state index contributed by atoms with van der Waals surface area (Å²) < 4.78 is 0. The first-order chi connectivity index (χ1) is 9.84. The van der Waals surface area contributed by atoms with Gasteiger partial charge in [-0.25, -0.2) is 10.2 Å². The number of nitrogens with one attached hydrogen (secondary N) is 3. The highest BCUT2D eigenvalue weighted by atomic mass is 16.2. The lowest BCUT2D eigenvalue weighted by atomic mass is 9.87. The van der Waals surface area contributed by atoms with Crippen molar-refractivity contribution in [1.82, 2.24) is 16.2 Å². The maximum absolute atomic E-state index is 11.9. The monoisotopic (exact) mass is 291 g/mol. The van der Waals surface area contributed by atoms with Crippen molar-refractivity contribution in [2.45, 2.75) is 46.0 Å². The Labute approximate surface area is 126 Å². The van der Waals surface area contributed by atoms with Crippen LogP contribution in [0.1, 0.15) is 56.5 Å². The van der Waals surface area contributed by atoms with Crippen LogP contribution in [0.4, 0.5) is 4.79 Å². The molecule has 0 atom stereocenters. The molecule has 21 heavy (non-hydrogen) atoms. The zero-order chi connectivity index (χ0) is 15.9. The molecule has 1 aromatic rings. The summed E-state index contributed by atoms with van der Waals surface area (Å²) in [6.07, 6.45) is 1.92. The van der Waals surface area contributed by atoms with E-state index in [1.54, 1.807) is 12.1 Å². The number of urea groups is 1.